The van der Waals surface area contributed by atoms with Crippen LogP contribution in [0.3, 0.4) is 0 Å². The highest BCUT2D eigenvalue weighted by atomic mass is 16.5. The predicted molar refractivity (Wildman–Crippen MR) is 78.3 cm³/mol. The lowest BCUT2D eigenvalue weighted by atomic mass is 9.72. The Labute approximate surface area is 112 Å². The van der Waals surface area contributed by atoms with Gasteiger partial charge in [-0.3, -0.25) is 0 Å². The van der Waals surface area contributed by atoms with E-state index in [4.69, 9.17) is 10.5 Å². The molecule has 1 aromatic carbocycles. The van der Waals surface area contributed by atoms with Crippen molar-refractivity contribution >= 4 is 0 Å². The van der Waals surface area contributed by atoms with E-state index in [9.17, 15) is 0 Å². The van der Waals surface area contributed by atoms with Crippen molar-refractivity contribution in [3.63, 3.8) is 0 Å². The summed E-state index contributed by atoms with van der Waals surface area (Å²) < 4.78 is 5.52. The van der Waals surface area contributed by atoms with Crippen LogP contribution in [0.25, 0.3) is 0 Å². The largest absolute Gasteiger partial charge is 0.496 e. The third-order valence-corrected chi connectivity index (χ3v) is 4.20. The molecule has 0 aliphatic heterocycles. The summed E-state index contributed by atoms with van der Waals surface area (Å²) in [6.45, 7) is 11.7. The van der Waals surface area contributed by atoms with E-state index in [1.807, 2.05) is 0 Å². The van der Waals surface area contributed by atoms with E-state index in [0.29, 0.717) is 18.4 Å². The summed E-state index contributed by atoms with van der Waals surface area (Å²) in [7, 11) is 1.73. The van der Waals surface area contributed by atoms with Gasteiger partial charge in [0.2, 0.25) is 0 Å². The smallest absolute Gasteiger partial charge is 0.122 e. The van der Waals surface area contributed by atoms with Crippen LogP contribution in [0.2, 0.25) is 0 Å². The normalized spacial score (nSPS) is 14.9. The first-order chi connectivity index (χ1) is 8.36. The molecule has 0 aliphatic carbocycles. The van der Waals surface area contributed by atoms with Gasteiger partial charge in [-0.1, -0.05) is 46.8 Å². The zero-order valence-electron chi connectivity index (χ0n) is 12.6. The van der Waals surface area contributed by atoms with Gasteiger partial charge >= 0.3 is 0 Å². The molecule has 0 bridgehead atoms. The molecule has 0 radical (unpaired) electrons. The number of methoxy groups -OCH3 is 1. The fraction of sp³-hybridized carbons (Fsp3) is 0.625. The molecule has 2 N–H and O–H groups in total. The van der Waals surface area contributed by atoms with E-state index in [-0.39, 0.29) is 5.41 Å². The van der Waals surface area contributed by atoms with Crippen molar-refractivity contribution in [3.8, 4) is 5.75 Å². The van der Waals surface area contributed by atoms with Crippen molar-refractivity contribution in [2.75, 3.05) is 13.7 Å². The summed E-state index contributed by atoms with van der Waals surface area (Å²) in [5.74, 6) is 1.93. The van der Waals surface area contributed by atoms with Crippen LogP contribution in [0.15, 0.2) is 18.2 Å². The lowest BCUT2D eigenvalue weighted by Crippen LogP contribution is -2.37. The molecular formula is C16H27NO. The number of benzene rings is 1. The second-order valence-corrected chi connectivity index (χ2v) is 5.89. The molecule has 0 fully saturated rings. The predicted octanol–water partition coefficient (Wildman–Crippen LogP) is 3.69. The summed E-state index contributed by atoms with van der Waals surface area (Å²) in [5.41, 5.74) is 8.56. The molecule has 0 saturated heterocycles. The fourth-order valence-corrected chi connectivity index (χ4v) is 2.19. The van der Waals surface area contributed by atoms with E-state index in [0.717, 1.165) is 5.75 Å². The van der Waals surface area contributed by atoms with Crippen molar-refractivity contribution in [2.45, 2.75) is 46.0 Å². The topological polar surface area (TPSA) is 35.2 Å². The number of hydrogen-bond donors (Lipinski definition) is 1. The second kappa shape index (κ2) is 5.75. The van der Waals surface area contributed by atoms with Crippen molar-refractivity contribution in [3.05, 3.63) is 29.3 Å². The van der Waals surface area contributed by atoms with Gasteiger partial charge in [-0.25, -0.2) is 0 Å². The summed E-state index contributed by atoms with van der Waals surface area (Å²) in [4.78, 5) is 0. The lowest BCUT2D eigenvalue weighted by Gasteiger charge is -2.34. The minimum absolute atomic E-state index is 0.0454. The molecule has 1 unspecified atom stereocenters. The third kappa shape index (κ3) is 2.69. The van der Waals surface area contributed by atoms with Gasteiger partial charge < -0.3 is 10.5 Å². The Morgan fingerprint density at radius 2 is 1.83 bits per heavy atom. The number of hydrogen-bond acceptors (Lipinski definition) is 2. The van der Waals surface area contributed by atoms with E-state index in [1.54, 1.807) is 7.11 Å². The summed E-state index contributed by atoms with van der Waals surface area (Å²) in [6.07, 6.45) is 0. The third-order valence-electron chi connectivity index (χ3n) is 4.20. The van der Waals surface area contributed by atoms with Crippen LogP contribution in [0.4, 0.5) is 0 Å². The van der Waals surface area contributed by atoms with Crippen LogP contribution in [-0.2, 0) is 5.41 Å². The maximum Gasteiger partial charge on any atom is 0.122 e. The highest BCUT2D eigenvalue weighted by Gasteiger charge is 2.32. The number of ether oxygens (including phenoxy) is 1. The Kier molecular flexibility index (Phi) is 4.80. The first-order valence-electron chi connectivity index (χ1n) is 6.75. The van der Waals surface area contributed by atoms with Gasteiger partial charge in [-0.05, 0) is 23.5 Å². The molecule has 0 heterocycles. The van der Waals surface area contributed by atoms with E-state index < -0.39 is 0 Å². The van der Waals surface area contributed by atoms with Crippen molar-refractivity contribution in [1.82, 2.24) is 0 Å². The van der Waals surface area contributed by atoms with Crippen LogP contribution in [0.1, 0.15) is 51.7 Å². The standard InChI is InChI=1S/C16H27NO/c1-11(2)13-7-8-15(18-6)14(9-13)16(5,10-17)12(3)4/h7-9,11-12H,10,17H2,1-6H3. The number of rotatable bonds is 5. The second-order valence-electron chi connectivity index (χ2n) is 5.89. The molecule has 2 nitrogen and oxygen atoms in total. The van der Waals surface area contributed by atoms with Crippen LogP contribution in [0, 0.1) is 5.92 Å². The molecule has 0 spiro atoms. The quantitative estimate of drug-likeness (QED) is 0.863. The van der Waals surface area contributed by atoms with E-state index in [1.165, 1.54) is 11.1 Å². The zero-order valence-corrected chi connectivity index (χ0v) is 12.6. The minimum Gasteiger partial charge on any atom is -0.496 e. The van der Waals surface area contributed by atoms with Gasteiger partial charge in [0.25, 0.3) is 0 Å². The van der Waals surface area contributed by atoms with E-state index in [2.05, 4.69) is 52.8 Å². The Morgan fingerprint density at radius 3 is 2.22 bits per heavy atom. The zero-order chi connectivity index (χ0) is 13.9. The van der Waals surface area contributed by atoms with Crippen LogP contribution in [0.5, 0.6) is 5.75 Å². The Hall–Kier alpha value is -1.02. The molecule has 0 saturated carbocycles. The fourth-order valence-electron chi connectivity index (χ4n) is 2.19. The summed E-state index contributed by atoms with van der Waals surface area (Å²) in [5, 5.41) is 0. The SMILES string of the molecule is COc1ccc(C(C)C)cc1C(C)(CN)C(C)C. The van der Waals surface area contributed by atoms with Gasteiger partial charge in [-0.15, -0.1) is 0 Å². The first-order valence-corrected chi connectivity index (χ1v) is 6.75. The molecule has 18 heavy (non-hydrogen) atoms. The summed E-state index contributed by atoms with van der Waals surface area (Å²) >= 11 is 0. The number of nitrogens with two attached hydrogens (primary N) is 1. The maximum atomic E-state index is 6.03. The first kappa shape index (κ1) is 15.0. The van der Waals surface area contributed by atoms with Gasteiger partial charge in [0.05, 0.1) is 7.11 Å². The Bertz CT molecular complexity index is 398. The van der Waals surface area contributed by atoms with Crippen molar-refractivity contribution in [1.29, 1.82) is 0 Å². The average molecular weight is 249 g/mol. The Balaban J connectivity index is 3.39. The molecule has 1 aromatic rings. The maximum absolute atomic E-state index is 6.03. The molecule has 0 aliphatic rings. The highest BCUT2D eigenvalue weighted by Crippen LogP contribution is 2.38. The van der Waals surface area contributed by atoms with Crippen molar-refractivity contribution in [2.24, 2.45) is 11.7 Å². The average Bonchev–Trinajstić information content (AvgIpc) is 2.36. The van der Waals surface area contributed by atoms with Gasteiger partial charge in [-0.2, -0.15) is 0 Å². The monoisotopic (exact) mass is 249 g/mol. The van der Waals surface area contributed by atoms with Crippen LogP contribution < -0.4 is 10.5 Å². The van der Waals surface area contributed by atoms with Gasteiger partial charge in [0.1, 0.15) is 5.75 Å². The molecule has 0 amide bonds. The molecule has 0 aromatic heterocycles. The summed E-state index contributed by atoms with van der Waals surface area (Å²) in [6, 6.07) is 6.47. The van der Waals surface area contributed by atoms with Crippen LogP contribution >= 0.6 is 0 Å². The van der Waals surface area contributed by atoms with E-state index >= 15 is 0 Å². The molecular weight excluding hydrogens is 222 g/mol. The van der Waals surface area contributed by atoms with Crippen LogP contribution in [-0.4, -0.2) is 13.7 Å². The molecule has 102 valence electrons. The van der Waals surface area contributed by atoms with Crippen molar-refractivity contribution < 1.29 is 4.74 Å². The highest BCUT2D eigenvalue weighted by molar-refractivity contribution is 5.43. The van der Waals surface area contributed by atoms with Gasteiger partial charge in [0, 0.05) is 17.5 Å². The molecule has 1 atom stereocenters. The minimum atomic E-state index is -0.0454. The Morgan fingerprint density at radius 1 is 1.22 bits per heavy atom. The molecule has 2 heteroatoms. The van der Waals surface area contributed by atoms with Gasteiger partial charge in [0.15, 0.2) is 0 Å². The molecule has 1 rings (SSSR count). The lowest BCUT2D eigenvalue weighted by molar-refractivity contribution is 0.324.